The number of nitrogens with zero attached hydrogens (tertiary/aromatic N) is 4. The number of aliphatic hydroxyl groups is 1. The molecule has 0 radical (unpaired) electrons. The third-order valence-corrected chi connectivity index (χ3v) is 4.98. The average molecular weight is 322 g/mol. The lowest BCUT2D eigenvalue weighted by Crippen LogP contribution is -2.47. The van der Waals surface area contributed by atoms with Crippen molar-refractivity contribution in [1.82, 2.24) is 19.7 Å². The average Bonchev–Trinajstić information content (AvgIpc) is 2.87. The molecule has 0 bridgehead atoms. The van der Waals surface area contributed by atoms with E-state index in [0.29, 0.717) is 25.1 Å². The van der Waals surface area contributed by atoms with E-state index in [9.17, 15) is 5.11 Å². The van der Waals surface area contributed by atoms with Gasteiger partial charge in [0.15, 0.2) is 5.82 Å². The summed E-state index contributed by atoms with van der Waals surface area (Å²) < 4.78 is 7.14. The highest BCUT2D eigenvalue weighted by Crippen LogP contribution is 2.37. The molecule has 1 aromatic heterocycles. The third kappa shape index (κ3) is 3.92. The van der Waals surface area contributed by atoms with Gasteiger partial charge in [-0.15, -0.1) is 0 Å². The minimum Gasteiger partial charge on any atom is -0.389 e. The van der Waals surface area contributed by atoms with Gasteiger partial charge in [-0.25, -0.2) is 9.67 Å². The summed E-state index contributed by atoms with van der Waals surface area (Å²) in [5.41, 5.74) is -0.798. The van der Waals surface area contributed by atoms with Crippen LogP contribution in [0.3, 0.4) is 0 Å². The molecular weight excluding hydrogens is 292 g/mol. The Labute approximate surface area is 138 Å². The number of methoxy groups -OCH3 is 1. The first-order valence-corrected chi connectivity index (χ1v) is 8.87. The van der Waals surface area contributed by atoms with Gasteiger partial charge in [0.1, 0.15) is 12.4 Å². The standard InChI is InChI=1S/C17H30N4O2/c1-17(2,22)12-21-16(18-15(19-21)11-23-3)13-7-6-10-20-9-5-4-8-14(13)20/h13-14,22H,4-12H2,1-3H3/t13?,14-/m0/s1. The zero-order chi connectivity index (χ0) is 16.4. The van der Waals surface area contributed by atoms with Gasteiger partial charge < -0.3 is 9.84 Å². The van der Waals surface area contributed by atoms with Crippen molar-refractivity contribution < 1.29 is 9.84 Å². The van der Waals surface area contributed by atoms with E-state index < -0.39 is 5.60 Å². The number of piperidine rings is 2. The van der Waals surface area contributed by atoms with Crippen LogP contribution in [-0.2, 0) is 17.9 Å². The first-order valence-electron chi connectivity index (χ1n) is 8.87. The number of fused-ring (bicyclic) bond motifs is 1. The Bertz CT molecular complexity index is 521. The minimum atomic E-state index is -0.798. The van der Waals surface area contributed by atoms with Crippen molar-refractivity contribution in [3.05, 3.63) is 11.6 Å². The van der Waals surface area contributed by atoms with Crippen molar-refractivity contribution in [2.45, 2.75) is 76.7 Å². The second-order valence-electron chi connectivity index (χ2n) is 7.64. The molecule has 2 saturated heterocycles. The molecule has 0 spiro atoms. The summed E-state index contributed by atoms with van der Waals surface area (Å²) in [6, 6.07) is 0.581. The monoisotopic (exact) mass is 322 g/mol. The van der Waals surface area contributed by atoms with Gasteiger partial charge in [-0.2, -0.15) is 5.10 Å². The third-order valence-electron chi connectivity index (χ3n) is 4.98. The van der Waals surface area contributed by atoms with Gasteiger partial charge in [-0.05, 0) is 52.6 Å². The molecule has 2 fully saturated rings. The van der Waals surface area contributed by atoms with Crippen LogP contribution in [0.15, 0.2) is 0 Å². The fourth-order valence-corrected chi connectivity index (χ4v) is 4.11. The second kappa shape index (κ2) is 6.87. The maximum absolute atomic E-state index is 10.2. The molecule has 1 N–H and O–H groups in total. The molecule has 6 heteroatoms. The predicted octanol–water partition coefficient (Wildman–Crippen LogP) is 1.93. The van der Waals surface area contributed by atoms with Crippen molar-refractivity contribution in [1.29, 1.82) is 0 Å². The summed E-state index contributed by atoms with van der Waals surface area (Å²) in [5, 5.41) is 14.8. The predicted molar refractivity (Wildman–Crippen MR) is 88.2 cm³/mol. The highest BCUT2D eigenvalue weighted by atomic mass is 16.5. The molecule has 2 aliphatic rings. The van der Waals surface area contributed by atoms with Gasteiger partial charge in [0.05, 0.1) is 12.1 Å². The maximum Gasteiger partial charge on any atom is 0.176 e. The van der Waals surface area contributed by atoms with E-state index in [-0.39, 0.29) is 0 Å². The molecule has 2 atom stereocenters. The van der Waals surface area contributed by atoms with Crippen LogP contribution < -0.4 is 0 Å². The molecule has 3 heterocycles. The molecular formula is C17H30N4O2. The molecule has 0 amide bonds. The summed E-state index contributed by atoms with van der Waals surface area (Å²) in [6.45, 7) is 6.97. The SMILES string of the molecule is COCc1nc(C2CCCN3CCCC[C@@H]23)n(CC(C)(C)O)n1. The Morgan fingerprint density at radius 3 is 2.74 bits per heavy atom. The Morgan fingerprint density at radius 2 is 2.00 bits per heavy atom. The van der Waals surface area contributed by atoms with Crippen LogP contribution in [-0.4, -0.2) is 56.6 Å². The van der Waals surface area contributed by atoms with Crippen LogP contribution in [0.4, 0.5) is 0 Å². The fraction of sp³-hybridized carbons (Fsp3) is 0.882. The van der Waals surface area contributed by atoms with E-state index in [2.05, 4.69) is 10.00 Å². The second-order valence-corrected chi connectivity index (χ2v) is 7.64. The first kappa shape index (κ1) is 16.9. The van der Waals surface area contributed by atoms with Gasteiger partial charge >= 0.3 is 0 Å². The first-order chi connectivity index (χ1) is 11.0. The zero-order valence-corrected chi connectivity index (χ0v) is 14.7. The zero-order valence-electron chi connectivity index (χ0n) is 14.7. The van der Waals surface area contributed by atoms with Crippen LogP contribution in [0.25, 0.3) is 0 Å². The number of hydrogen-bond acceptors (Lipinski definition) is 5. The molecule has 1 unspecified atom stereocenters. The van der Waals surface area contributed by atoms with E-state index in [1.165, 1.54) is 38.8 Å². The Hall–Kier alpha value is -0.980. The van der Waals surface area contributed by atoms with Crippen LogP contribution in [0.5, 0.6) is 0 Å². The quantitative estimate of drug-likeness (QED) is 0.897. The molecule has 2 aliphatic heterocycles. The lowest BCUT2D eigenvalue weighted by atomic mass is 9.83. The summed E-state index contributed by atoms with van der Waals surface area (Å²) in [7, 11) is 1.67. The Morgan fingerprint density at radius 1 is 1.22 bits per heavy atom. The van der Waals surface area contributed by atoms with Crippen molar-refractivity contribution in [2.75, 3.05) is 20.2 Å². The Balaban J connectivity index is 1.89. The topological polar surface area (TPSA) is 63.4 Å². The summed E-state index contributed by atoms with van der Waals surface area (Å²) >= 11 is 0. The molecule has 23 heavy (non-hydrogen) atoms. The molecule has 6 nitrogen and oxygen atoms in total. The van der Waals surface area contributed by atoms with Gasteiger partial charge in [0.2, 0.25) is 0 Å². The molecule has 0 saturated carbocycles. The van der Waals surface area contributed by atoms with Crippen LogP contribution in [0.2, 0.25) is 0 Å². The number of hydrogen-bond donors (Lipinski definition) is 1. The number of ether oxygens (including phenoxy) is 1. The van der Waals surface area contributed by atoms with Gasteiger partial charge in [-0.3, -0.25) is 4.90 Å². The molecule has 0 aliphatic carbocycles. The van der Waals surface area contributed by atoms with E-state index in [4.69, 9.17) is 9.72 Å². The van der Waals surface area contributed by atoms with Gasteiger partial charge in [0, 0.05) is 19.1 Å². The van der Waals surface area contributed by atoms with Crippen molar-refractivity contribution in [3.63, 3.8) is 0 Å². The smallest absolute Gasteiger partial charge is 0.176 e. The lowest BCUT2D eigenvalue weighted by molar-refractivity contribution is 0.0511. The van der Waals surface area contributed by atoms with Crippen molar-refractivity contribution in [3.8, 4) is 0 Å². The molecule has 130 valence electrons. The molecule has 0 aromatic carbocycles. The Kier molecular flexibility index (Phi) is 5.04. The van der Waals surface area contributed by atoms with Gasteiger partial charge in [0.25, 0.3) is 0 Å². The van der Waals surface area contributed by atoms with Crippen molar-refractivity contribution >= 4 is 0 Å². The van der Waals surface area contributed by atoms with E-state index in [1.54, 1.807) is 7.11 Å². The number of rotatable bonds is 5. The summed E-state index contributed by atoms with van der Waals surface area (Å²) in [4.78, 5) is 7.42. The minimum absolute atomic E-state index is 0.421. The van der Waals surface area contributed by atoms with Crippen LogP contribution in [0.1, 0.15) is 63.5 Å². The highest BCUT2D eigenvalue weighted by Gasteiger charge is 2.37. The largest absolute Gasteiger partial charge is 0.389 e. The molecule has 1 aromatic rings. The summed E-state index contributed by atoms with van der Waals surface area (Å²) in [5.74, 6) is 2.18. The maximum atomic E-state index is 10.2. The molecule has 3 rings (SSSR count). The van der Waals surface area contributed by atoms with Crippen LogP contribution >= 0.6 is 0 Å². The summed E-state index contributed by atoms with van der Waals surface area (Å²) in [6.07, 6.45) is 6.25. The lowest BCUT2D eigenvalue weighted by Gasteiger charge is -2.44. The van der Waals surface area contributed by atoms with E-state index in [1.807, 2.05) is 18.5 Å². The normalized spacial score (nSPS) is 26.3. The van der Waals surface area contributed by atoms with E-state index >= 15 is 0 Å². The highest BCUT2D eigenvalue weighted by molar-refractivity contribution is 5.08. The van der Waals surface area contributed by atoms with E-state index in [0.717, 1.165) is 18.1 Å². The fourth-order valence-electron chi connectivity index (χ4n) is 4.11. The number of aromatic nitrogens is 3. The van der Waals surface area contributed by atoms with Crippen molar-refractivity contribution in [2.24, 2.45) is 0 Å². The van der Waals surface area contributed by atoms with Crippen LogP contribution in [0, 0.1) is 0 Å². The van der Waals surface area contributed by atoms with Gasteiger partial charge in [-0.1, -0.05) is 6.42 Å².